The van der Waals surface area contributed by atoms with Crippen LogP contribution in [0.25, 0.3) is 11.1 Å². The minimum atomic E-state index is -0.992. The number of rotatable bonds is 6. The van der Waals surface area contributed by atoms with E-state index in [-0.39, 0.29) is 17.2 Å². The van der Waals surface area contributed by atoms with Crippen molar-refractivity contribution in [3.8, 4) is 11.1 Å². The molecule has 0 aromatic heterocycles. The quantitative estimate of drug-likeness (QED) is 0.528. The molecule has 0 aliphatic carbocycles. The Morgan fingerprint density at radius 1 is 0.963 bits per heavy atom. The van der Waals surface area contributed by atoms with Gasteiger partial charge in [-0.3, -0.25) is 0 Å². The highest BCUT2D eigenvalue weighted by Gasteiger charge is 2.24. The molecule has 1 fully saturated rings. The summed E-state index contributed by atoms with van der Waals surface area (Å²) in [5.41, 5.74) is 1.09. The summed E-state index contributed by atoms with van der Waals surface area (Å²) in [7, 11) is 0. The molecule has 1 heterocycles. The normalized spacial score (nSPS) is 20.0. The number of hydrogen-bond acceptors (Lipinski definition) is 1. The average molecular weight is 376 g/mol. The maximum Gasteiger partial charge on any atom is 0.167 e. The topological polar surface area (TPSA) is 9.23 Å². The molecule has 2 unspecified atom stereocenters. The van der Waals surface area contributed by atoms with Gasteiger partial charge < -0.3 is 4.74 Å². The first-order valence-corrected chi connectivity index (χ1v) is 9.93. The number of ether oxygens (including phenoxy) is 1. The molecule has 2 atom stereocenters. The number of benzene rings is 2. The van der Waals surface area contributed by atoms with E-state index < -0.39 is 17.5 Å². The van der Waals surface area contributed by atoms with E-state index in [9.17, 15) is 13.2 Å². The van der Waals surface area contributed by atoms with Crippen molar-refractivity contribution in [2.24, 2.45) is 5.92 Å². The van der Waals surface area contributed by atoms with Gasteiger partial charge in [0.15, 0.2) is 11.6 Å². The minimum Gasteiger partial charge on any atom is -0.373 e. The molecule has 3 rings (SSSR count). The first-order valence-electron chi connectivity index (χ1n) is 9.93. The van der Waals surface area contributed by atoms with E-state index in [1.807, 2.05) is 0 Å². The second-order valence-corrected chi connectivity index (χ2v) is 7.40. The van der Waals surface area contributed by atoms with Gasteiger partial charge in [0.1, 0.15) is 5.82 Å². The standard InChI is InChI=1S/C23H27F3O/c1-3-5-6-15-7-12-21(27-14-15)17-9-10-18(20(24)13-17)19-11-8-16(4-2)22(25)23(19)26/h8-11,13,15,21H,3-7,12,14H2,1-2H3. The highest BCUT2D eigenvalue weighted by atomic mass is 19.2. The summed E-state index contributed by atoms with van der Waals surface area (Å²) < 4.78 is 49.0. The number of unbranched alkanes of at least 4 members (excludes halogenated alkanes) is 1. The molecule has 0 amide bonds. The first-order chi connectivity index (χ1) is 13.0. The molecule has 4 heteroatoms. The summed E-state index contributed by atoms with van der Waals surface area (Å²) in [5, 5.41) is 0. The Morgan fingerprint density at radius 3 is 2.37 bits per heavy atom. The molecule has 1 nitrogen and oxygen atoms in total. The summed E-state index contributed by atoms with van der Waals surface area (Å²) >= 11 is 0. The van der Waals surface area contributed by atoms with Crippen LogP contribution in [0.3, 0.4) is 0 Å². The second kappa shape index (κ2) is 8.92. The molecule has 2 aromatic rings. The summed E-state index contributed by atoms with van der Waals surface area (Å²) in [6.45, 7) is 4.64. The zero-order valence-electron chi connectivity index (χ0n) is 16.0. The third-order valence-electron chi connectivity index (χ3n) is 5.53. The van der Waals surface area contributed by atoms with Gasteiger partial charge in [-0.15, -0.1) is 0 Å². The molecule has 146 valence electrons. The van der Waals surface area contributed by atoms with Crippen molar-refractivity contribution in [1.29, 1.82) is 0 Å². The molecule has 1 saturated heterocycles. The van der Waals surface area contributed by atoms with Crippen molar-refractivity contribution in [3.05, 3.63) is 58.9 Å². The van der Waals surface area contributed by atoms with Crippen LogP contribution in [-0.4, -0.2) is 6.61 Å². The smallest absolute Gasteiger partial charge is 0.167 e. The van der Waals surface area contributed by atoms with Gasteiger partial charge in [-0.25, -0.2) is 13.2 Å². The lowest BCUT2D eigenvalue weighted by Crippen LogP contribution is -2.20. The fourth-order valence-corrected chi connectivity index (χ4v) is 3.81. The molecule has 2 aromatic carbocycles. The molecule has 0 radical (unpaired) electrons. The third-order valence-corrected chi connectivity index (χ3v) is 5.53. The van der Waals surface area contributed by atoms with Gasteiger partial charge >= 0.3 is 0 Å². The largest absolute Gasteiger partial charge is 0.373 e. The Hall–Kier alpha value is -1.81. The fraction of sp³-hybridized carbons (Fsp3) is 0.478. The molecule has 1 aliphatic heterocycles. The van der Waals surface area contributed by atoms with Crippen LogP contribution in [0.5, 0.6) is 0 Å². The van der Waals surface area contributed by atoms with E-state index in [1.54, 1.807) is 13.0 Å². The monoisotopic (exact) mass is 376 g/mol. The molecule has 0 N–H and O–H groups in total. The van der Waals surface area contributed by atoms with Crippen LogP contribution in [0.1, 0.15) is 63.2 Å². The van der Waals surface area contributed by atoms with Crippen LogP contribution in [0.4, 0.5) is 13.2 Å². The van der Waals surface area contributed by atoms with E-state index in [2.05, 4.69) is 6.92 Å². The van der Waals surface area contributed by atoms with Crippen LogP contribution in [0.15, 0.2) is 30.3 Å². The van der Waals surface area contributed by atoms with E-state index in [1.165, 1.54) is 43.5 Å². The Bertz CT molecular complexity index is 779. The fourth-order valence-electron chi connectivity index (χ4n) is 3.81. The molecular formula is C23H27F3O. The second-order valence-electron chi connectivity index (χ2n) is 7.40. The Labute approximate surface area is 159 Å². The predicted octanol–water partition coefficient (Wildman–Crippen LogP) is 6.99. The van der Waals surface area contributed by atoms with Crippen molar-refractivity contribution in [3.63, 3.8) is 0 Å². The number of halogens is 3. The van der Waals surface area contributed by atoms with Gasteiger partial charge in [-0.2, -0.15) is 0 Å². The van der Waals surface area contributed by atoms with Crippen molar-refractivity contribution < 1.29 is 17.9 Å². The third kappa shape index (κ3) is 4.37. The lowest BCUT2D eigenvalue weighted by atomic mass is 9.90. The predicted molar refractivity (Wildman–Crippen MR) is 102 cm³/mol. The van der Waals surface area contributed by atoms with E-state index in [0.717, 1.165) is 18.4 Å². The van der Waals surface area contributed by atoms with Gasteiger partial charge in [0.05, 0.1) is 12.7 Å². The number of hydrogen-bond donors (Lipinski definition) is 0. The summed E-state index contributed by atoms with van der Waals surface area (Å²) in [5.74, 6) is -1.85. The SMILES string of the molecule is CCCCC1CCC(c2ccc(-c3ccc(CC)c(F)c3F)c(F)c2)OC1. The van der Waals surface area contributed by atoms with Gasteiger partial charge in [0, 0.05) is 11.1 Å². The van der Waals surface area contributed by atoms with Gasteiger partial charge in [0.2, 0.25) is 0 Å². The van der Waals surface area contributed by atoms with Crippen LogP contribution in [0.2, 0.25) is 0 Å². The molecule has 0 saturated carbocycles. The highest BCUT2D eigenvalue weighted by molar-refractivity contribution is 5.66. The van der Waals surface area contributed by atoms with Crippen LogP contribution < -0.4 is 0 Å². The highest BCUT2D eigenvalue weighted by Crippen LogP contribution is 2.35. The maximum atomic E-state index is 14.7. The van der Waals surface area contributed by atoms with Crippen LogP contribution in [0, 0.1) is 23.4 Å². The summed E-state index contributed by atoms with van der Waals surface area (Å²) in [4.78, 5) is 0. The first kappa shape index (κ1) is 19.9. The molecular weight excluding hydrogens is 349 g/mol. The Morgan fingerprint density at radius 2 is 1.74 bits per heavy atom. The Balaban J connectivity index is 1.76. The zero-order valence-corrected chi connectivity index (χ0v) is 16.0. The van der Waals surface area contributed by atoms with Crippen LogP contribution in [-0.2, 0) is 11.2 Å². The van der Waals surface area contributed by atoms with Crippen LogP contribution >= 0.6 is 0 Å². The lowest BCUT2D eigenvalue weighted by Gasteiger charge is -2.29. The lowest BCUT2D eigenvalue weighted by molar-refractivity contribution is -0.0199. The van der Waals surface area contributed by atoms with Crippen molar-refractivity contribution >= 4 is 0 Å². The van der Waals surface area contributed by atoms with Gasteiger partial charge in [0.25, 0.3) is 0 Å². The minimum absolute atomic E-state index is 0.0436. The van der Waals surface area contributed by atoms with Crippen molar-refractivity contribution in [2.45, 2.75) is 58.5 Å². The van der Waals surface area contributed by atoms with Gasteiger partial charge in [-0.05, 0) is 48.8 Å². The van der Waals surface area contributed by atoms with E-state index >= 15 is 0 Å². The molecule has 0 bridgehead atoms. The number of aryl methyl sites for hydroxylation is 1. The van der Waals surface area contributed by atoms with Gasteiger partial charge in [-0.1, -0.05) is 51.0 Å². The van der Waals surface area contributed by atoms with E-state index in [0.29, 0.717) is 24.5 Å². The molecule has 0 spiro atoms. The van der Waals surface area contributed by atoms with Crippen molar-refractivity contribution in [2.75, 3.05) is 6.61 Å². The van der Waals surface area contributed by atoms with Crippen molar-refractivity contribution in [1.82, 2.24) is 0 Å². The average Bonchev–Trinajstić information content (AvgIpc) is 2.69. The summed E-state index contributed by atoms with van der Waals surface area (Å²) in [6, 6.07) is 7.66. The summed E-state index contributed by atoms with van der Waals surface area (Å²) in [6.07, 6.45) is 5.77. The zero-order chi connectivity index (χ0) is 19.4. The molecule has 1 aliphatic rings. The maximum absolute atomic E-state index is 14.7. The molecule has 27 heavy (non-hydrogen) atoms. The van der Waals surface area contributed by atoms with E-state index in [4.69, 9.17) is 4.74 Å². The Kier molecular flexibility index (Phi) is 6.59.